The predicted molar refractivity (Wildman–Crippen MR) is 90.5 cm³/mol. The molecule has 1 aromatic carbocycles. The van der Waals surface area contributed by atoms with Crippen LogP contribution < -0.4 is 11.1 Å². The highest BCUT2D eigenvalue weighted by Crippen LogP contribution is 2.27. The van der Waals surface area contributed by atoms with Crippen molar-refractivity contribution in [3.05, 3.63) is 29.8 Å². The number of aliphatic carboxylic acids is 1. The second-order valence-corrected chi connectivity index (χ2v) is 6.62. The van der Waals surface area contributed by atoms with Crippen molar-refractivity contribution in [2.45, 2.75) is 57.0 Å². The fourth-order valence-electron chi connectivity index (χ4n) is 3.24. The summed E-state index contributed by atoms with van der Waals surface area (Å²) in [6.45, 7) is 0. The van der Waals surface area contributed by atoms with Crippen molar-refractivity contribution >= 4 is 11.9 Å². The van der Waals surface area contributed by atoms with Crippen LogP contribution >= 0.6 is 0 Å². The highest BCUT2D eigenvalue weighted by molar-refractivity contribution is 5.87. The third-order valence-electron chi connectivity index (χ3n) is 4.64. The molecule has 132 valence electrons. The molecule has 6 heteroatoms. The van der Waals surface area contributed by atoms with Gasteiger partial charge in [0.05, 0.1) is 6.04 Å². The molecule has 1 aromatic rings. The molecule has 0 unspecified atom stereocenters. The van der Waals surface area contributed by atoms with E-state index in [0.717, 1.165) is 31.2 Å². The van der Waals surface area contributed by atoms with Gasteiger partial charge in [0.2, 0.25) is 5.91 Å². The lowest BCUT2D eigenvalue weighted by molar-refractivity contribution is -0.142. The van der Waals surface area contributed by atoms with Gasteiger partial charge in [-0.05, 0) is 36.5 Å². The zero-order chi connectivity index (χ0) is 17.5. The van der Waals surface area contributed by atoms with Crippen LogP contribution in [0.15, 0.2) is 24.3 Å². The molecule has 2 rings (SSSR count). The molecule has 0 heterocycles. The second kappa shape index (κ2) is 8.68. The van der Waals surface area contributed by atoms with E-state index in [-0.39, 0.29) is 5.75 Å². The lowest BCUT2D eigenvalue weighted by Gasteiger charge is -2.25. The van der Waals surface area contributed by atoms with E-state index in [4.69, 9.17) is 5.73 Å². The maximum absolute atomic E-state index is 12.2. The number of aromatic hydroxyl groups is 1. The SMILES string of the molecule is N[C@@H](Cc1ccc(O)cc1)C(=O)N[C@@H](CC1CCCCC1)C(=O)O. The van der Waals surface area contributed by atoms with Crippen LogP contribution in [0.25, 0.3) is 0 Å². The van der Waals surface area contributed by atoms with Gasteiger partial charge in [-0.25, -0.2) is 4.79 Å². The van der Waals surface area contributed by atoms with Gasteiger partial charge in [0.1, 0.15) is 11.8 Å². The molecule has 6 nitrogen and oxygen atoms in total. The van der Waals surface area contributed by atoms with E-state index in [1.807, 2.05) is 0 Å². The summed E-state index contributed by atoms with van der Waals surface area (Å²) in [7, 11) is 0. The number of rotatable bonds is 7. The summed E-state index contributed by atoms with van der Waals surface area (Å²) in [5, 5.41) is 21.2. The summed E-state index contributed by atoms with van der Waals surface area (Å²) < 4.78 is 0. The number of hydrogen-bond acceptors (Lipinski definition) is 4. The average molecular weight is 334 g/mol. The van der Waals surface area contributed by atoms with Gasteiger partial charge in [0, 0.05) is 0 Å². The molecular weight excluding hydrogens is 308 g/mol. The molecule has 2 atom stereocenters. The average Bonchev–Trinajstić information content (AvgIpc) is 2.57. The Morgan fingerprint density at radius 1 is 1.17 bits per heavy atom. The van der Waals surface area contributed by atoms with Crippen molar-refractivity contribution in [2.75, 3.05) is 0 Å². The first kappa shape index (κ1) is 18.3. The maximum atomic E-state index is 12.2. The van der Waals surface area contributed by atoms with Crippen LogP contribution in [0.3, 0.4) is 0 Å². The molecule has 0 saturated heterocycles. The molecule has 0 bridgehead atoms. The van der Waals surface area contributed by atoms with Crippen LogP contribution in [0, 0.1) is 5.92 Å². The summed E-state index contributed by atoms with van der Waals surface area (Å²) in [5.41, 5.74) is 6.72. The number of benzene rings is 1. The number of phenols is 1. The Balaban J connectivity index is 1.88. The lowest BCUT2D eigenvalue weighted by atomic mass is 9.84. The van der Waals surface area contributed by atoms with Gasteiger partial charge >= 0.3 is 5.97 Å². The zero-order valence-electron chi connectivity index (χ0n) is 13.8. The van der Waals surface area contributed by atoms with Gasteiger partial charge in [-0.15, -0.1) is 0 Å². The van der Waals surface area contributed by atoms with Crippen LogP contribution in [0.5, 0.6) is 5.75 Å². The Labute approximate surface area is 142 Å². The number of nitrogens with two attached hydrogens (primary N) is 1. The third kappa shape index (κ3) is 5.53. The minimum atomic E-state index is -1.01. The largest absolute Gasteiger partial charge is 0.508 e. The van der Waals surface area contributed by atoms with Crippen molar-refractivity contribution < 1.29 is 19.8 Å². The van der Waals surface area contributed by atoms with Gasteiger partial charge in [-0.1, -0.05) is 44.2 Å². The highest BCUT2D eigenvalue weighted by atomic mass is 16.4. The minimum Gasteiger partial charge on any atom is -0.508 e. The topological polar surface area (TPSA) is 113 Å². The van der Waals surface area contributed by atoms with Gasteiger partial charge in [-0.2, -0.15) is 0 Å². The van der Waals surface area contributed by atoms with E-state index in [0.29, 0.717) is 18.8 Å². The summed E-state index contributed by atoms with van der Waals surface area (Å²) >= 11 is 0. The Kier molecular flexibility index (Phi) is 6.61. The van der Waals surface area contributed by atoms with Crippen LogP contribution in [0.4, 0.5) is 0 Å². The van der Waals surface area contributed by atoms with Gasteiger partial charge in [0.15, 0.2) is 0 Å². The first-order valence-electron chi connectivity index (χ1n) is 8.52. The molecule has 1 fully saturated rings. The van der Waals surface area contributed by atoms with Crippen LogP contribution in [-0.2, 0) is 16.0 Å². The van der Waals surface area contributed by atoms with Crippen molar-refractivity contribution in [2.24, 2.45) is 11.7 Å². The Bertz CT molecular complexity index is 553. The third-order valence-corrected chi connectivity index (χ3v) is 4.64. The van der Waals surface area contributed by atoms with Crippen molar-refractivity contribution in [3.63, 3.8) is 0 Å². The second-order valence-electron chi connectivity index (χ2n) is 6.62. The first-order chi connectivity index (χ1) is 11.5. The van der Waals surface area contributed by atoms with E-state index >= 15 is 0 Å². The monoisotopic (exact) mass is 334 g/mol. The van der Waals surface area contributed by atoms with Gasteiger partial charge < -0.3 is 21.3 Å². The fraction of sp³-hybridized carbons (Fsp3) is 0.556. The Morgan fingerprint density at radius 3 is 2.38 bits per heavy atom. The quantitative estimate of drug-likeness (QED) is 0.607. The number of carboxylic acids is 1. The Morgan fingerprint density at radius 2 is 1.79 bits per heavy atom. The molecule has 0 radical (unpaired) electrons. The number of carbonyl (C=O) groups excluding carboxylic acids is 1. The smallest absolute Gasteiger partial charge is 0.326 e. The van der Waals surface area contributed by atoms with Crippen LogP contribution in [-0.4, -0.2) is 34.2 Å². The summed E-state index contributed by atoms with van der Waals surface area (Å²) in [4.78, 5) is 23.7. The highest BCUT2D eigenvalue weighted by Gasteiger charge is 2.27. The van der Waals surface area contributed by atoms with E-state index in [1.165, 1.54) is 18.6 Å². The maximum Gasteiger partial charge on any atom is 0.326 e. The lowest BCUT2D eigenvalue weighted by Crippen LogP contribution is -2.49. The number of carbonyl (C=O) groups is 2. The number of nitrogens with one attached hydrogen (secondary N) is 1. The van der Waals surface area contributed by atoms with Crippen LogP contribution in [0.2, 0.25) is 0 Å². The predicted octanol–water partition coefficient (Wildman–Crippen LogP) is 1.80. The molecular formula is C18H26N2O4. The molecule has 1 aliphatic carbocycles. The van der Waals surface area contributed by atoms with E-state index < -0.39 is 24.0 Å². The number of phenolic OH excluding ortho intramolecular Hbond substituents is 1. The Hall–Kier alpha value is -2.08. The van der Waals surface area contributed by atoms with E-state index in [2.05, 4.69) is 5.32 Å². The van der Waals surface area contributed by atoms with Crippen LogP contribution in [0.1, 0.15) is 44.1 Å². The summed E-state index contributed by atoms with van der Waals surface area (Å²) in [6.07, 6.45) is 6.28. The fourth-order valence-corrected chi connectivity index (χ4v) is 3.24. The van der Waals surface area contributed by atoms with Gasteiger partial charge in [-0.3, -0.25) is 4.79 Å². The van der Waals surface area contributed by atoms with Gasteiger partial charge in [0.25, 0.3) is 0 Å². The number of amides is 1. The van der Waals surface area contributed by atoms with Crippen molar-refractivity contribution in [1.82, 2.24) is 5.32 Å². The normalized spacial score (nSPS) is 17.9. The molecule has 1 amide bonds. The zero-order valence-corrected chi connectivity index (χ0v) is 13.8. The standard InChI is InChI=1S/C18H26N2O4/c19-15(10-13-6-8-14(21)9-7-13)17(22)20-16(18(23)24)11-12-4-2-1-3-5-12/h6-9,12,15-16,21H,1-5,10-11,19H2,(H,20,22)(H,23,24)/t15-,16-/m0/s1. The number of carboxylic acid groups (broad SMARTS) is 1. The molecule has 0 aliphatic heterocycles. The minimum absolute atomic E-state index is 0.148. The first-order valence-corrected chi connectivity index (χ1v) is 8.52. The molecule has 0 aromatic heterocycles. The molecule has 1 saturated carbocycles. The molecule has 24 heavy (non-hydrogen) atoms. The van der Waals surface area contributed by atoms with Crippen molar-refractivity contribution in [1.29, 1.82) is 0 Å². The molecule has 5 N–H and O–H groups in total. The van der Waals surface area contributed by atoms with E-state index in [9.17, 15) is 19.8 Å². The van der Waals surface area contributed by atoms with Crippen molar-refractivity contribution in [3.8, 4) is 5.75 Å². The molecule has 1 aliphatic rings. The molecule has 0 spiro atoms. The number of hydrogen-bond donors (Lipinski definition) is 4. The summed E-state index contributed by atoms with van der Waals surface area (Å²) in [5.74, 6) is -0.958. The van der Waals surface area contributed by atoms with E-state index in [1.54, 1.807) is 12.1 Å². The summed E-state index contributed by atoms with van der Waals surface area (Å²) in [6, 6.07) is 4.75.